The Hall–Kier alpha value is -1.61. The minimum absolute atomic E-state index is 0.357. The molecular weight excluding hydrogens is 212 g/mol. The molecule has 0 spiro atoms. The third kappa shape index (κ3) is 2.07. The Balaban J connectivity index is 2.64. The van der Waals surface area contributed by atoms with Crippen LogP contribution < -0.4 is 5.69 Å². The molecule has 0 aliphatic rings. The molecule has 1 N–H and O–H groups in total. The van der Waals surface area contributed by atoms with Gasteiger partial charge in [-0.15, -0.1) is 0 Å². The van der Waals surface area contributed by atoms with Crippen molar-refractivity contribution in [2.45, 2.75) is 6.92 Å². The highest BCUT2D eigenvalue weighted by Crippen LogP contribution is 2.24. The first kappa shape index (κ1) is 9.93. The van der Waals surface area contributed by atoms with Crippen molar-refractivity contribution < 1.29 is 0 Å². The van der Waals surface area contributed by atoms with Crippen LogP contribution in [0.3, 0.4) is 0 Å². The predicted octanol–water partition coefficient (Wildman–Crippen LogP) is 2.40. The number of halogens is 1. The maximum atomic E-state index is 11.2. The molecule has 0 aliphatic heterocycles. The zero-order chi connectivity index (χ0) is 10.8. The van der Waals surface area contributed by atoms with Crippen molar-refractivity contribution in [3.8, 4) is 11.3 Å². The van der Waals surface area contributed by atoms with E-state index in [2.05, 4.69) is 9.97 Å². The largest absolute Gasteiger partial charge is 0.345 e. The van der Waals surface area contributed by atoms with Gasteiger partial charge in [-0.05, 0) is 19.1 Å². The average molecular weight is 221 g/mol. The van der Waals surface area contributed by atoms with Crippen molar-refractivity contribution in [1.82, 2.24) is 9.97 Å². The van der Waals surface area contributed by atoms with Gasteiger partial charge in [-0.2, -0.15) is 4.98 Å². The van der Waals surface area contributed by atoms with E-state index in [0.717, 1.165) is 11.3 Å². The van der Waals surface area contributed by atoms with Crippen LogP contribution in [0, 0.1) is 6.92 Å². The first-order chi connectivity index (χ1) is 7.16. The summed E-state index contributed by atoms with van der Waals surface area (Å²) < 4.78 is 0. The predicted molar refractivity (Wildman–Crippen MR) is 60.0 cm³/mol. The minimum atomic E-state index is -0.357. The molecule has 0 bridgehead atoms. The second-order valence-electron chi connectivity index (χ2n) is 3.23. The van der Waals surface area contributed by atoms with Crippen LogP contribution in [0.2, 0.25) is 5.02 Å². The van der Waals surface area contributed by atoms with Gasteiger partial charge in [0.2, 0.25) is 0 Å². The summed E-state index contributed by atoms with van der Waals surface area (Å²) >= 11 is 6.01. The standard InChI is InChI=1S/C11H9ClN2O/c1-7-6-10(14-11(15)13-7)8-4-2-3-5-9(8)12/h2-6H,1H3,(H,13,14,15). The minimum Gasteiger partial charge on any atom is -0.310 e. The number of aryl methyl sites for hydroxylation is 1. The Labute approximate surface area is 91.8 Å². The Bertz CT molecular complexity index is 548. The second kappa shape index (κ2) is 3.87. The molecule has 0 radical (unpaired) electrons. The Morgan fingerprint density at radius 2 is 2.07 bits per heavy atom. The van der Waals surface area contributed by atoms with E-state index < -0.39 is 0 Å². The van der Waals surface area contributed by atoms with Crippen LogP contribution in [-0.4, -0.2) is 9.97 Å². The van der Waals surface area contributed by atoms with E-state index in [1.54, 1.807) is 12.1 Å². The number of H-pyrrole nitrogens is 1. The van der Waals surface area contributed by atoms with Gasteiger partial charge in [0, 0.05) is 16.3 Å². The van der Waals surface area contributed by atoms with Crippen LogP contribution in [0.1, 0.15) is 5.69 Å². The van der Waals surface area contributed by atoms with Gasteiger partial charge in [-0.25, -0.2) is 4.79 Å². The van der Waals surface area contributed by atoms with Gasteiger partial charge in [0.25, 0.3) is 0 Å². The summed E-state index contributed by atoms with van der Waals surface area (Å²) in [6.45, 7) is 1.81. The smallest absolute Gasteiger partial charge is 0.310 e. The van der Waals surface area contributed by atoms with Crippen LogP contribution in [0.4, 0.5) is 0 Å². The molecule has 4 heteroatoms. The van der Waals surface area contributed by atoms with Gasteiger partial charge in [0.1, 0.15) is 0 Å². The Morgan fingerprint density at radius 3 is 2.73 bits per heavy atom. The fraction of sp³-hybridized carbons (Fsp3) is 0.0909. The normalized spacial score (nSPS) is 10.3. The topological polar surface area (TPSA) is 45.8 Å². The van der Waals surface area contributed by atoms with Crippen molar-refractivity contribution in [3.05, 3.63) is 51.5 Å². The zero-order valence-corrected chi connectivity index (χ0v) is 8.88. The molecule has 0 fully saturated rings. The molecule has 0 atom stereocenters. The molecule has 0 saturated carbocycles. The highest BCUT2D eigenvalue weighted by atomic mass is 35.5. The van der Waals surface area contributed by atoms with Gasteiger partial charge in [-0.1, -0.05) is 29.8 Å². The molecule has 2 rings (SSSR count). The number of nitrogens with zero attached hydrogens (tertiary/aromatic N) is 1. The number of benzene rings is 1. The van der Waals surface area contributed by atoms with Gasteiger partial charge in [0.15, 0.2) is 0 Å². The molecule has 76 valence electrons. The Morgan fingerprint density at radius 1 is 1.33 bits per heavy atom. The van der Waals surface area contributed by atoms with Crippen molar-refractivity contribution >= 4 is 11.6 Å². The lowest BCUT2D eigenvalue weighted by molar-refractivity contribution is 1.03. The summed E-state index contributed by atoms with van der Waals surface area (Å²) in [6, 6.07) is 9.10. The Kier molecular flexibility index (Phi) is 2.56. The maximum Gasteiger partial charge on any atom is 0.345 e. The second-order valence-corrected chi connectivity index (χ2v) is 3.64. The van der Waals surface area contributed by atoms with Crippen LogP contribution >= 0.6 is 11.6 Å². The first-order valence-electron chi connectivity index (χ1n) is 4.50. The van der Waals surface area contributed by atoms with Crippen molar-refractivity contribution in [3.63, 3.8) is 0 Å². The zero-order valence-electron chi connectivity index (χ0n) is 8.12. The van der Waals surface area contributed by atoms with Crippen LogP contribution in [-0.2, 0) is 0 Å². The van der Waals surface area contributed by atoms with E-state index in [4.69, 9.17) is 11.6 Å². The lowest BCUT2D eigenvalue weighted by atomic mass is 10.1. The molecule has 0 aliphatic carbocycles. The summed E-state index contributed by atoms with van der Waals surface area (Å²) in [6.07, 6.45) is 0. The molecule has 2 aromatic rings. The van der Waals surface area contributed by atoms with Crippen LogP contribution in [0.15, 0.2) is 35.1 Å². The lowest BCUT2D eigenvalue weighted by Crippen LogP contribution is -2.11. The molecule has 0 amide bonds. The summed E-state index contributed by atoms with van der Waals surface area (Å²) in [5, 5.41) is 0.593. The number of hydrogen-bond donors (Lipinski definition) is 1. The molecule has 1 aromatic heterocycles. The van der Waals surface area contributed by atoms with Gasteiger partial charge >= 0.3 is 5.69 Å². The van der Waals surface area contributed by atoms with Crippen LogP contribution in [0.25, 0.3) is 11.3 Å². The van der Waals surface area contributed by atoms with Gasteiger partial charge < -0.3 is 4.98 Å². The molecule has 1 aromatic carbocycles. The summed E-state index contributed by atoms with van der Waals surface area (Å²) in [7, 11) is 0. The fourth-order valence-electron chi connectivity index (χ4n) is 1.39. The van der Waals surface area contributed by atoms with E-state index in [0.29, 0.717) is 10.7 Å². The van der Waals surface area contributed by atoms with Crippen molar-refractivity contribution in [2.75, 3.05) is 0 Å². The van der Waals surface area contributed by atoms with E-state index in [9.17, 15) is 4.79 Å². The van der Waals surface area contributed by atoms with Crippen molar-refractivity contribution in [1.29, 1.82) is 0 Å². The molecule has 0 saturated heterocycles. The lowest BCUT2D eigenvalue weighted by Gasteiger charge is -2.03. The number of aromatic amines is 1. The van der Waals surface area contributed by atoms with Crippen LogP contribution in [0.5, 0.6) is 0 Å². The fourth-order valence-corrected chi connectivity index (χ4v) is 1.62. The first-order valence-corrected chi connectivity index (χ1v) is 4.87. The number of aromatic nitrogens is 2. The quantitative estimate of drug-likeness (QED) is 0.802. The number of rotatable bonds is 1. The molecule has 1 heterocycles. The maximum absolute atomic E-state index is 11.2. The van der Waals surface area contributed by atoms with E-state index >= 15 is 0 Å². The highest BCUT2D eigenvalue weighted by molar-refractivity contribution is 6.33. The average Bonchev–Trinajstić information content (AvgIpc) is 2.16. The summed E-state index contributed by atoms with van der Waals surface area (Å²) in [5.74, 6) is 0. The van der Waals surface area contributed by atoms with Gasteiger partial charge in [0.05, 0.1) is 5.69 Å². The molecular formula is C11H9ClN2O. The highest BCUT2D eigenvalue weighted by Gasteiger charge is 2.04. The van der Waals surface area contributed by atoms with E-state index in [-0.39, 0.29) is 5.69 Å². The van der Waals surface area contributed by atoms with E-state index in [1.165, 1.54) is 0 Å². The SMILES string of the molecule is Cc1cc(-c2ccccc2Cl)nc(=O)[nH]1. The van der Waals surface area contributed by atoms with Gasteiger partial charge in [-0.3, -0.25) is 0 Å². The van der Waals surface area contributed by atoms with E-state index in [1.807, 2.05) is 25.1 Å². The third-order valence-corrected chi connectivity index (χ3v) is 2.36. The monoisotopic (exact) mass is 220 g/mol. The third-order valence-electron chi connectivity index (χ3n) is 2.03. The van der Waals surface area contributed by atoms with Crippen molar-refractivity contribution in [2.24, 2.45) is 0 Å². The number of nitrogens with one attached hydrogen (secondary N) is 1. The molecule has 3 nitrogen and oxygen atoms in total. The number of hydrogen-bond acceptors (Lipinski definition) is 2. The molecule has 15 heavy (non-hydrogen) atoms. The summed E-state index contributed by atoms with van der Waals surface area (Å²) in [5.41, 5.74) is 1.78. The summed E-state index contributed by atoms with van der Waals surface area (Å²) in [4.78, 5) is 17.6. The molecule has 0 unspecified atom stereocenters.